The molecule has 18 heavy (non-hydrogen) atoms. The minimum absolute atomic E-state index is 0.0414. The Morgan fingerprint density at radius 3 is 2.94 bits per heavy atom. The molecule has 0 saturated heterocycles. The fourth-order valence-corrected chi connectivity index (χ4v) is 1.84. The van der Waals surface area contributed by atoms with Crippen molar-refractivity contribution in [3.05, 3.63) is 15.8 Å². The van der Waals surface area contributed by atoms with Crippen LogP contribution in [0.25, 0.3) is 0 Å². The van der Waals surface area contributed by atoms with Gasteiger partial charge in [0.15, 0.2) is 0 Å². The van der Waals surface area contributed by atoms with Crippen molar-refractivity contribution >= 4 is 11.5 Å². The number of nitrogens with one attached hydrogen (secondary N) is 1. The maximum atomic E-state index is 10.9. The zero-order valence-corrected chi connectivity index (χ0v) is 10.7. The highest BCUT2D eigenvalue weighted by atomic mass is 16.6. The first kappa shape index (κ1) is 12.8. The number of ether oxygens (including phenoxy) is 1. The number of hydrogen-bond acceptors (Lipinski definition) is 5. The molecule has 1 aliphatic rings. The quantitative estimate of drug-likeness (QED) is 0.452. The van der Waals surface area contributed by atoms with Crippen LogP contribution in [0.15, 0.2) is 0 Å². The molecule has 1 N–H and O–H groups in total. The minimum atomic E-state index is -0.407. The van der Waals surface area contributed by atoms with E-state index in [0.717, 1.165) is 12.5 Å². The SMILES string of the molecule is Cc1nn(C)c(NCCOCC2CC2)c1[N+](=O)[O-]. The third-order valence-electron chi connectivity index (χ3n) is 2.96. The van der Waals surface area contributed by atoms with Gasteiger partial charge in [-0.2, -0.15) is 5.10 Å². The summed E-state index contributed by atoms with van der Waals surface area (Å²) in [7, 11) is 1.69. The smallest absolute Gasteiger partial charge is 0.333 e. The molecule has 0 bridgehead atoms. The Hall–Kier alpha value is -1.63. The lowest BCUT2D eigenvalue weighted by atomic mass is 10.4. The largest absolute Gasteiger partial charge is 0.379 e. The molecule has 7 heteroatoms. The Labute approximate surface area is 105 Å². The second-order valence-corrected chi connectivity index (χ2v) is 4.61. The lowest BCUT2D eigenvalue weighted by Gasteiger charge is -2.06. The third kappa shape index (κ3) is 2.98. The summed E-state index contributed by atoms with van der Waals surface area (Å²) in [5, 5.41) is 18.0. The van der Waals surface area contributed by atoms with E-state index < -0.39 is 4.92 Å². The number of aryl methyl sites for hydroxylation is 2. The van der Waals surface area contributed by atoms with Crippen molar-refractivity contribution in [3.8, 4) is 0 Å². The molecular weight excluding hydrogens is 236 g/mol. The zero-order chi connectivity index (χ0) is 13.1. The van der Waals surface area contributed by atoms with Crippen LogP contribution in [0.3, 0.4) is 0 Å². The summed E-state index contributed by atoms with van der Waals surface area (Å²) < 4.78 is 6.96. The molecule has 0 atom stereocenters. The van der Waals surface area contributed by atoms with Crippen molar-refractivity contribution in [3.63, 3.8) is 0 Å². The van der Waals surface area contributed by atoms with Gasteiger partial charge in [-0.1, -0.05) is 0 Å². The highest BCUT2D eigenvalue weighted by molar-refractivity contribution is 5.59. The van der Waals surface area contributed by atoms with E-state index >= 15 is 0 Å². The summed E-state index contributed by atoms with van der Waals surface area (Å²) in [6.45, 7) is 3.53. The van der Waals surface area contributed by atoms with Crippen LogP contribution in [-0.4, -0.2) is 34.5 Å². The number of nitro groups is 1. The van der Waals surface area contributed by atoms with Gasteiger partial charge in [0.1, 0.15) is 5.69 Å². The van der Waals surface area contributed by atoms with Gasteiger partial charge in [-0.05, 0) is 25.7 Å². The summed E-state index contributed by atoms with van der Waals surface area (Å²) in [5.74, 6) is 1.17. The van der Waals surface area contributed by atoms with E-state index in [1.165, 1.54) is 17.5 Å². The highest BCUT2D eigenvalue weighted by Gasteiger charge is 2.24. The van der Waals surface area contributed by atoms with Crippen molar-refractivity contribution in [1.82, 2.24) is 9.78 Å². The molecule has 1 aromatic rings. The Bertz CT molecular complexity index is 440. The molecule has 1 aliphatic carbocycles. The van der Waals surface area contributed by atoms with E-state index in [1.807, 2.05) is 0 Å². The molecule has 0 amide bonds. The maximum absolute atomic E-state index is 10.9. The van der Waals surface area contributed by atoms with Crippen molar-refractivity contribution in [1.29, 1.82) is 0 Å². The molecule has 1 fully saturated rings. The fourth-order valence-electron chi connectivity index (χ4n) is 1.84. The molecule has 0 aliphatic heterocycles. The Balaban J connectivity index is 1.85. The van der Waals surface area contributed by atoms with Crippen LogP contribution in [-0.2, 0) is 11.8 Å². The van der Waals surface area contributed by atoms with Crippen LogP contribution in [0.5, 0.6) is 0 Å². The van der Waals surface area contributed by atoms with Crippen LogP contribution in [0.2, 0.25) is 0 Å². The predicted molar refractivity (Wildman–Crippen MR) is 66.6 cm³/mol. The molecular formula is C11H18N4O3. The van der Waals surface area contributed by atoms with Gasteiger partial charge in [0, 0.05) is 20.2 Å². The van der Waals surface area contributed by atoms with Gasteiger partial charge in [-0.3, -0.25) is 10.1 Å². The molecule has 100 valence electrons. The first-order valence-corrected chi connectivity index (χ1v) is 6.09. The average Bonchev–Trinajstić information content (AvgIpc) is 3.05. The van der Waals surface area contributed by atoms with Crippen LogP contribution in [0.4, 0.5) is 11.5 Å². The molecule has 0 unspecified atom stereocenters. The second kappa shape index (κ2) is 5.34. The predicted octanol–water partition coefficient (Wildman–Crippen LogP) is 1.48. The molecule has 2 rings (SSSR count). The first-order valence-electron chi connectivity index (χ1n) is 6.09. The van der Waals surface area contributed by atoms with Crippen molar-refractivity contribution in [2.75, 3.05) is 25.1 Å². The lowest BCUT2D eigenvalue weighted by Crippen LogP contribution is -2.13. The number of anilines is 1. The van der Waals surface area contributed by atoms with E-state index in [1.54, 1.807) is 14.0 Å². The maximum Gasteiger partial charge on any atom is 0.333 e. The summed E-state index contributed by atoms with van der Waals surface area (Å²) in [4.78, 5) is 10.5. The molecule has 1 saturated carbocycles. The van der Waals surface area contributed by atoms with Crippen LogP contribution in [0.1, 0.15) is 18.5 Å². The molecule has 1 heterocycles. The van der Waals surface area contributed by atoms with Crippen molar-refractivity contribution < 1.29 is 9.66 Å². The summed E-state index contributed by atoms with van der Waals surface area (Å²) in [6, 6.07) is 0. The molecule has 0 aromatic carbocycles. The van der Waals surface area contributed by atoms with Gasteiger partial charge in [-0.15, -0.1) is 0 Å². The van der Waals surface area contributed by atoms with E-state index in [9.17, 15) is 10.1 Å². The van der Waals surface area contributed by atoms with E-state index in [4.69, 9.17) is 4.74 Å². The number of hydrogen-bond donors (Lipinski definition) is 1. The lowest BCUT2D eigenvalue weighted by molar-refractivity contribution is -0.384. The standard InChI is InChI=1S/C11H18N4O3/c1-8-10(15(16)17)11(14(2)13-8)12-5-6-18-7-9-3-4-9/h9,12H,3-7H2,1-2H3. The zero-order valence-electron chi connectivity index (χ0n) is 10.7. The Morgan fingerprint density at radius 1 is 1.61 bits per heavy atom. The average molecular weight is 254 g/mol. The van der Waals surface area contributed by atoms with E-state index in [2.05, 4.69) is 10.4 Å². The summed E-state index contributed by atoms with van der Waals surface area (Å²) in [6.07, 6.45) is 2.53. The van der Waals surface area contributed by atoms with Gasteiger partial charge in [0.2, 0.25) is 5.82 Å². The fraction of sp³-hybridized carbons (Fsp3) is 0.727. The van der Waals surface area contributed by atoms with Gasteiger partial charge < -0.3 is 10.1 Å². The van der Waals surface area contributed by atoms with E-state index in [-0.39, 0.29) is 5.69 Å². The van der Waals surface area contributed by atoms with Gasteiger partial charge in [0.05, 0.1) is 11.5 Å². The number of nitrogens with zero attached hydrogens (tertiary/aromatic N) is 3. The molecule has 0 spiro atoms. The Morgan fingerprint density at radius 2 is 2.33 bits per heavy atom. The van der Waals surface area contributed by atoms with E-state index in [0.29, 0.717) is 24.7 Å². The molecule has 7 nitrogen and oxygen atoms in total. The number of aromatic nitrogens is 2. The normalized spacial score (nSPS) is 14.8. The molecule has 1 aromatic heterocycles. The first-order chi connectivity index (χ1) is 8.59. The third-order valence-corrected chi connectivity index (χ3v) is 2.96. The second-order valence-electron chi connectivity index (χ2n) is 4.61. The number of rotatable bonds is 7. The highest BCUT2D eigenvalue weighted by Crippen LogP contribution is 2.29. The van der Waals surface area contributed by atoms with Gasteiger partial charge in [0.25, 0.3) is 0 Å². The minimum Gasteiger partial charge on any atom is -0.379 e. The summed E-state index contributed by atoms with van der Waals surface area (Å²) >= 11 is 0. The van der Waals surface area contributed by atoms with Crippen molar-refractivity contribution in [2.45, 2.75) is 19.8 Å². The summed E-state index contributed by atoms with van der Waals surface area (Å²) in [5.41, 5.74) is 0.462. The van der Waals surface area contributed by atoms with Crippen molar-refractivity contribution in [2.24, 2.45) is 13.0 Å². The van der Waals surface area contributed by atoms with Gasteiger partial charge in [-0.25, -0.2) is 4.68 Å². The topological polar surface area (TPSA) is 82.2 Å². The van der Waals surface area contributed by atoms with Crippen LogP contribution in [0, 0.1) is 23.0 Å². The Kier molecular flexibility index (Phi) is 3.81. The van der Waals surface area contributed by atoms with Crippen LogP contribution < -0.4 is 5.32 Å². The van der Waals surface area contributed by atoms with Gasteiger partial charge >= 0.3 is 5.69 Å². The van der Waals surface area contributed by atoms with Crippen LogP contribution >= 0.6 is 0 Å². The monoisotopic (exact) mass is 254 g/mol. The molecule has 0 radical (unpaired) electrons.